The maximum absolute atomic E-state index is 12.2. The number of nitrogens with one attached hydrogen (secondary N) is 1. The molecule has 1 aliphatic heterocycles. The van der Waals surface area contributed by atoms with Crippen molar-refractivity contribution in [2.75, 3.05) is 18.4 Å². The zero-order valence-corrected chi connectivity index (χ0v) is 12.5. The van der Waals surface area contributed by atoms with Crippen LogP contribution < -0.4 is 5.32 Å². The van der Waals surface area contributed by atoms with E-state index in [2.05, 4.69) is 10.3 Å². The van der Waals surface area contributed by atoms with Crippen LogP contribution in [0.4, 0.5) is 16.2 Å². The maximum Gasteiger partial charge on any atom is 0.410 e. The molecule has 0 aliphatic carbocycles. The van der Waals surface area contributed by atoms with Gasteiger partial charge in [0.1, 0.15) is 5.60 Å². The predicted molar refractivity (Wildman–Crippen MR) is 79.4 cm³/mol. The first kappa shape index (κ1) is 15.1. The van der Waals surface area contributed by atoms with Gasteiger partial charge in [-0.25, -0.2) is 9.59 Å². The number of benzene rings is 1. The highest BCUT2D eigenvalue weighted by atomic mass is 16.6. The van der Waals surface area contributed by atoms with Crippen molar-refractivity contribution in [2.45, 2.75) is 32.9 Å². The Morgan fingerprint density at radius 2 is 2.19 bits per heavy atom. The molecule has 1 aromatic rings. The van der Waals surface area contributed by atoms with Gasteiger partial charge in [0, 0.05) is 18.8 Å². The number of hydrogen-bond acceptors (Lipinski definition) is 5. The van der Waals surface area contributed by atoms with Crippen LogP contribution in [0.3, 0.4) is 0 Å². The van der Waals surface area contributed by atoms with Crippen LogP contribution in [0.15, 0.2) is 23.2 Å². The minimum Gasteiger partial charge on any atom is -0.444 e. The minimum atomic E-state index is -0.512. The number of aliphatic imine (C=N–C) groups is 1. The molecule has 0 atom stereocenters. The van der Waals surface area contributed by atoms with Gasteiger partial charge in [0.2, 0.25) is 6.08 Å². The highest BCUT2D eigenvalue weighted by Crippen LogP contribution is 2.26. The number of carbonyl (C=O) groups excluding carboxylic acids is 2. The molecule has 1 aromatic carbocycles. The molecule has 0 bridgehead atoms. The van der Waals surface area contributed by atoms with E-state index in [1.54, 1.807) is 17.0 Å². The van der Waals surface area contributed by atoms with E-state index in [1.807, 2.05) is 26.8 Å². The third-order valence-corrected chi connectivity index (χ3v) is 2.98. The quantitative estimate of drug-likeness (QED) is 0.637. The zero-order chi connectivity index (χ0) is 15.5. The van der Waals surface area contributed by atoms with Crippen molar-refractivity contribution in [3.05, 3.63) is 23.8 Å². The van der Waals surface area contributed by atoms with Gasteiger partial charge in [0.05, 0.1) is 12.2 Å². The van der Waals surface area contributed by atoms with Crippen LogP contribution in [0.2, 0.25) is 0 Å². The molecule has 6 nitrogen and oxygen atoms in total. The molecule has 1 N–H and O–H groups in total. The Labute approximate surface area is 123 Å². The van der Waals surface area contributed by atoms with E-state index in [-0.39, 0.29) is 6.09 Å². The normalized spacial score (nSPS) is 14.3. The Balaban J connectivity index is 2.17. The van der Waals surface area contributed by atoms with Gasteiger partial charge in [-0.1, -0.05) is 6.07 Å². The van der Waals surface area contributed by atoms with Gasteiger partial charge in [-0.2, -0.15) is 4.99 Å². The summed E-state index contributed by atoms with van der Waals surface area (Å²) < 4.78 is 5.40. The van der Waals surface area contributed by atoms with Crippen molar-refractivity contribution in [1.82, 2.24) is 4.90 Å². The van der Waals surface area contributed by atoms with E-state index in [1.165, 1.54) is 6.08 Å². The smallest absolute Gasteiger partial charge is 0.410 e. The standard InChI is InChI=1S/C15H19N3O3/c1-15(2,3)21-14(20)18-7-6-16-13-8-12(17-10-19)5-4-11(13)9-18/h4-5,8,16H,6-7,9H2,1-3H3. The first-order valence-electron chi connectivity index (χ1n) is 6.81. The Bertz CT molecular complexity index is 586. The molecule has 1 aliphatic rings. The molecule has 0 fully saturated rings. The molecule has 21 heavy (non-hydrogen) atoms. The van der Waals surface area contributed by atoms with Crippen LogP contribution in [0.1, 0.15) is 26.3 Å². The summed E-state index contributed by atoms with van der Waals surface area (Å²) in [5, 5.41) is 3.23. The van der Waals surface area contributed by atoms with Crippen LogP contribution in [-0.4, -0.2) is 35.8 Å². The number of anilines is 1. The summed E-state index contributed by atoms with van der Waals surface area (Å²) in [5.41, 5.74) is 1.87. The topological polar surface area (TPSA) is 71.0 Å². The van der Waals surface area contributed by atoms with E-state index < -0.39 is 5.60 Å². The second kappa shape index (κ2) is 5.97. The summed E-state index contributed by atoms with van der Waals surface area (Å²) in [6, 6.07) is 5.35. The van der Waals surface area contributed by atoms with E-state index >= 15 is 0 Å². The lowest BCUT2D eigenvalue weighted by molar-refractivity contribution is 0.0245. The fraction of sp³-hybridized carbons (Fsp3) is 0.467. The predicted octanol–water partition coefficient (Wildman–Crippen LogP) is 2.82. The van der Waals surface area contributed by atoms with Crippen LogP contribution in [0.25, 0.3) is 0 Å². The monoisotopic (exact) mass is 289 g/mol. The molecular formula is C15H19N3O3. The lowest BCUT2D eigenvalue weighted by Crippen LogP contribution is -2.37. The van der Waals surface area contributed by atoms with E-state index in [9.17, 15) is 9.59 Å². The van der Waals surface area contributed by atoms with Gasteiger partial charge in [0.25, 0.3) is 0 Å². The molecule has 6 heteroatoms. The second-order valence-corrected chi connectivity index (χ2v) is 5.87. The minimum absolute atomic E-state index is 0.327. The van der Waals surface area contributed by atoms with Crippen LogP contribution >= 0.6 is 0 Å². The number of ether oxygens (including phenoxy) is 1. The summed E-state index contributed by atoms with van der Waals surface area (Å²) in [5.74, 6) is 0. The van der Waals surface area contributed by atoms with Gasteiger partial charge in [0.15, 0.2) is 0 Å². The van der Waals surface area contributed by atoms with Crippen molar-refractivity contribution in [1.29, 1.82) is 0 Å². The van der Waals surface area contributed by atoms with E-state index in [0.717, 1.165) is 11.3 Å². The van der Waals surface area contributed by atoms with Crippen molar-refractivity contribution in [3.8, 4) is 0 Å². The molecule has 0 aromatic heterocycles. The molecule has 0 saturated heterocycles. The molecule has 0 saturated carbocycles. The average molecular weight is 289 g/mol. The van der Waals surface area contributed by atoms with Crippen molar-refractivity contribution in [3.63, 3.8) is 0 Å². The van der Waals surface area contributed by atoms with Crippen LogP contribution in [-0.2, 0) is 16.1 Å². The van der Waals surface area contributed by atoms with Crippen LogP contribution in [0.5, 0.6) is 0 Å². The molecule has 0 radical (unpaired) electrons. The van der Waals surface area contributed by atoms with Crippen LogP contribution in [0, 0.1) is 0 Å². The number of carbonyl (C=O) groups is 1. The number of amides is 1. The summed E-state index contributed by atoms with van der Waals surface area (Å²) in [4.78, 5) is 27.7. The molecule has 0 unspecified atom stereocenters. The fourth-order valence-electron chi connectivity index (χ4n) is 2.08. The Kier molecular flexibility index (Phi) is 4.29. The van der Waals surface area contributed by atoms with Gasteiger partial charge < -0.3 is 15.0 Å². The SMILES string of the molecule is CC(C)(C)OC(=O)N1CCNc2cc(N=C=O)ccc2C1. The van der Waals surface area contributed by atoms with Gasteiger partial charge in [-0.3, -0.25) is 0 Å². The van der Waals surface area contributed by atoms with E-state index in [0.29, 0.717) is 25.3 Å². The van der Waals surface area contributed by atoms with Crippen molar-refractivity contribution < 1.29 is 14.3 Å². The lowest BCUT2D eigenvalue weighted by Gasteiger charge is -2.26. The van der Waals surface area contributed by atoms with Gasteiger partial charge in [-0.15, -0.1) is 0 Å². The van der Waals surface area contributed by atoms with E-state index in [4.69, 9.17) is 4.74 Å². The largest absolute Gasteiger partial charge is 0.444 e. The third-order valence-electron chi connectivity index (χ3n) is 2.98. The summed E-state index contributed by atoms with van der Waals surface area (Å²) in [6.07, 6.45) is 1.20. The fourth-order valence-corrected chi connectivity index (χ4v) is 2.08. The molecule has 1 heterocycles. The molecule has 1 amide bonds. The Hall–Kier alpha value is -2.33. The van der Waals surface area contributed by atoms with Crippen molar-refractivity contribution >= 4 is 23.5 Å². The summed E-state index contributed by atoms with van der Waals surface area (Å²) >= 11 is 0. The zero-order valence-electron chi connectivity index (χ0n) is 12.5. The first-order chi connectivity index (χ1) is 9.89. The Morgan fingerprint density at radius 3 is 2.86 bits per heavy atom. The van der Waals surface area contributed by atoms with Crippen molar-refractivity contribution in [2.24, 2.45) is 4.99 Å². The third kappa shape index (κ3) is 4.07. The highest BCUT2D eigenvalue weighted by molar-refractivity contribution is 5.70. The molecule has 2 rings (SSSR count). The maximum atomic E-state index is 12.2. The molecular weight excluding hydrogens is 270 g/mol. The lowest BCUT2D eigenvalue weighted by atomic mass is 10.1. The number of rotatable bonds is 1. The highest BCUT2D eigenvalue weighted by Gasteiger charge is 2.24. The number of fused-ring (bicyclic) bond motifs is 1. The summed E-state index contributed by atoms with van der Waals surface area (Å²) in [7, 11) is 0. The first-order valence-corrected chi connectivity index (χ1v) is 6.81. The second-order valence-electron chi connectivity index (χ2n) is 5.87. The molecule has 0 spiro atoms. The van der Waals surface area contributed by atoms with Gasteiger partial charge in [-0.05, 0) is 38.5 Å². The number of nitrogens with zero attached hydrogens (tertiary/aromatic N) is 2. The number of hydrogen-bond donors (Lipinski definition) is 1. The molecule has 112 valence electrons. The Morgan fingerprint density at radius 1 is 1.43 bits per heavy atom. The van der Waals surface area contributed by atoms with Gasteiger partial charge >= 0.3 is 6.09 Å². The average Bonchev–Trinajstić information content (AvgIpc) is 2.59. The number of isocyanates is 1. The summed E-state index contributed by atoms with van der Waals surface area (Å²) in [6.45, 7) is 7.16.